The molecular formula is C19H42O2Si. The molecule has 0 aromatic heterocycles. The molecule has 0 unspecified atom stereocenters. The van der Waals surface area contributed by atoms with Crippen LogP contribution in [0.4, 0.5) is 0 Å². The first-order valence-electron chi connectivity index (χ1n) is 10.0. The van der Waals surface area contributed by atoms with Crippen LogP contribution < -0.4 is 0 Å². The lowest BCUT2D eigenvalue weighted by Crippen LogP contribution is -2.42. The summed E-state index contributed by atoms with van der Waals surface area (Å²) in [4.78, 5) is 0. The van der Waals surface area contributed by atoms with Gasteiger partial charge in [0.1, 0.15) is 0 Å². The van der Waals surface area contributed by atoms with Crippen LogP contribution in [0.25, 0.3) is 0 Å². The van der Waals surface area contributed by atoms with Gasteiger partial charge in [0.05, 0.1) is 0 Å². The van der Waals surface area contributed by atoms with E-state index in [4.69, 9.17) is 8.85 Å². The van der Waals surface area contributed by atoms with Gasteiger partial charge >= 0.3 is 8.56 Å². The van der Waals surface area contributed by atoms with E-state index < -0.39 is 8.56 Å². The fourth-order valence-electron chi connectivity index (χ4n) is 3.15. The molecule has 0 aliphatic heterocycles. The first-order chi connectivity index (χ1) is 10.7. The van der Waals surface area contributed by atoms with Gasteiger partial charge in [-0.05, 0) is 25.9 Å². The topological polar surface area (TPSA) is 18.5 Å². The van der Waals surface area contributed by atoms with Crippen molar-refractivity contribution in [2.24, 2.45) is 0 Å². The van der Waals surface area contributed by atoms with E-state index in [-0.39, 0.29) is 0 Å². The zero-order valence-electron chi connectivity index (χ0n) is 15.9. The summed E-state index contributed by atoms with van der Waals surface area (Å²) < 4.78 is 12.4. The van der Waals surface area contributed by atoms with E-state index in [9.17, 15) is 0 Å². The van der Waals surface area contributed by atoms with Gasteiger partial charge in [0.15, 0.2) is 0 Å². The molecule has 0 aliphatic rings. The summed E-state index contributed by atoms with van der Waals surface area (Å²) in [6.07, 6.45) is 14.8. The van der Waals surface area contributed by atoms with E-state index in [1.807, 2.05) is 0 Å². The Labute approximate surface area is 141 Å². The van der Waals surface area contributed by atoms with Crippen molar-refractivity contribution >= 4 is 8.56 Å². The molecule has 134 valence electrons. The van der Waals surface area contributed by atoms with E-state index in [1.165, 1.54) is 82.7 Å². The minimum Gasteiger partial charge on any atom is -0.394 e. The Kier molecular flexibility index (Phi) is 16.1. The molecule has 2 nitrogen and oxygen atoms in total. The van der Waals surface area contributed by atoms with E-state index in [1.54, 1.807) is 0 Å². The van der Waals surface area contributed by atoms with Gasteiger partial charge in [0.2, 0.25) is 0 Å². The number of rotatable bonds is 17. The van der Waals surface area contributed by atoms with Crippen molar-refractivity contribution in [2.45, 2.75) is 110 Å². The third-order valence-corrected chi connectivity index (χ3v) is 8.25. The molecule has 0 atom stereocenters. The van der Waals surface area contributed by atoms with Gasteiger partial charge in [0.25, 0.3) is 0 Å². The lowest BCUT2D eigenvalue weighted by atomic mass is 10.1. The van der Waals surface area contributed by atoms with Gasteiger partial charge < -0.3 is 8.85 Å². The minimum atomic E-state index is -1.92. The Morgan fingerprint density at radius 3 is 1.23 bits per heavy atom. The van der Waals surface area contributed by atoms with Crippen LogP contribution in [-0.4, -0.2) is 21.8 Å². The highest BCUT2D eigenvalue weighted by Gasteiger charge is 2.35. The predicted molar refractivity (Wildman–Crippen MR) is 101 cm³/mol. The molecule has 0 spiro atoms. The molecule has 0 saturated heterocycles. The molecule has 0 aliphatic carbocycles. The fourth-order valence-corrected chi connectivity index (χ4v) is 6.69. The molecule has 0 fully saturated rings. The standard InChI is InChI=1S/C19H42O2Si/c1-5-9-11-13-15-17-19-22(20-7-3,21-8-4)18-16-14-12-10-6-2/h5-19H2,1-4H3. The smallest absolute Gasteiger partial charge is 0.338 e. The van der Waals surface area contributed by atoms with Gasteiger partial charge in [-0.3, -0.25) is 0 Å². The Balaban J connectivity index is 4.13. The second-order valence-electron chi connectivity index (χ2n) is 6.46. The zero-order valence-corrected chi connectivity index (χ0v) is 16.9. The maximum absolute atomic E-state index is 6.22. The summed E-state index contributed by atoms with van der Waals surface area (Å²) in [7, 11) is -1.92. The second kappa shape index (κ2) is 16.0. The first-order valence-corrected chi connectivity index (χ1v) is 12.3. The SMILES string of the molecule is CCCCCCCC[Si](CCCCCCC)(OCC)OCC. The second-order valence-corrected chi connectivity index (χ2v) is 9.86. The molecule has 3 heteroatoms. The zero-order chi connectivity index (χ0) is 16.5. The van der Waals surface area contributed by atoms with Crippen molar-refractivity contribution in [3.63, 3.8) is 0 Å². The monoisotopic (exact) mass is 330 g/mol. The maximum atomic E-state index is 6.22. The summed E-state index contributed by atoms with van der Waals surface area (Å²) in [6.45, 7) is 10.4. The molecule has 0 heterocycles. The van der Waals surface area contributed by atoms with Crippen molar-refractivity contribution in [1.82, 2.24) is 0 Å². The van der Waals surface area contributed by atoms with E-state index in [0.717, 1.165) is 13.2 Å². The lowest BCUT2D eigenvalue weighted by molar-refractivity contribution is 0.180. The normalized spacial score (nSPS) is 12.0. The van der Waals surface area contributed by atoms with Crippen molar-refractivity contribution < 1.29 is 8.85 Å². The molecule has 0 radical (unpaired) electrons. The van der Waals surface area contributed by atoms with Crippen LogP contribution in [0.2, 0.25) is 12.1 Å². The third kappa shape index (κ3) is 11.7. The van der Waals surface area contributed by atoms with Gasteiger partial charge in [-0.15, -0.1) is 0 Å². The highest BCUT2D eigenvalue weighted by molar-refractivity contribution is 6.67. The summed E-state index contributed by atoms with van der Waals surface area (Å²) in [5, 5.41) is 0. The number of unbranched alkanes of at least 4 members (excludes halogenated alkanes) is 9. The molecule has 0 rings (SSSR count). The summed E-state index contributed by atoms with van der Waals surface area (Å²) in [6, 6.07) is 2.40. The molecule has 0 aromatic rings. The van der Waals surface area contributed by atoms with E-state index >= 15 is 0 Å². The Morgan fingerprint density at radius 1 is 0.500 bits per heavy atom. The van der Waals surface area contributed by atoms with Gasteiger partial charge in [-0.25, -0.2) is 0 Å². The molecule has 22 heavy (non-hydrogen) atoms. The summed E-state index contributed by atoms with van der Waals surface area (Å²) >= 11 is 0. The van der Waals surface area contributed by atoms with Crippen LogP contribution in [0.3, 0.4) is 0 Å². The number of hydrogen-bond donors (Lipinski definition) is 0. The largest absolute Gasteiger partial charge is 0.394 e. The van der Waals surface area contributed by atoms with Crippen LogP contribution in [0.15, 0.2) is 0 Å². The van der Waals surface area contributed by atoms with Crippen molar-refractivity contribution in [2.75, 3.05) is 13.2 Å². The van der Waals surface area contributed by atoms with Crippen LogP contribution in [0, 0.1) is 0 Å². The van der Waals surface area contributed by atoms with Crippen LogP contribution in [0.5, 0.6) is 0 Å². The highest BCUT2D eigenvalue weighted by Crippen LogP contribution is 2.26. The molecule has 0 aromatic carbocycles. The predicted octanol–water partition coefficient (Wildman–Crippen LogP) is 6.83. The van der Waals surface area contributed by atoms with Gasteiger partial charge in [-0.2, -0.15) is 0 Å². The quantitative estimate of drug-likeness (QED) is 0.215. The lowest BCUT2D eigenvalue weighted by Gasteiger charge is -2.30. The van der Waals surface area contributed by atoms with Gasteiger partial charge in [-0.1, -0.05) is 84.5 Å². The molecule has 0 bridgehead atoms. The molecular weight excluding hydrogens is 288 g/mol. The molecule has 0 saturated carbocycles. The molecule has 0 N–H and O–H groups in total. The Morgan fingerprint density at radius 2 is 0.864 bits per heavy atom. The first kappa shape index (κ1) is 22.1. The number of hydrogen-bond acceptors (Lipinski definition) is 2. The van der Waals surface area contributed by atoms with E-state index in [0.29, 0.717) is 0 Å². The van der Waals surface area contributed by atoms with Crippen LogP contribution in [-0.2, 0) is 8.85 Å². The Bertz CT molecular complexity index is 215. The average molecular weight is 331 g/mol. The van der Waals surface area contributed by atoms with E-state index in [2.05, 4.69) is 27.7 Å². The summed E-state index contributed by atoms with van der Waals surface area (Å²) in [5.74, 6) is 0. The third-order valence-electron chi connectivity index (χ3n) is 4.39. The van der Waals surface area contributed by atoms with Crippen molar-refractivity contribution in [3.05, 3.63) is 0 Å². The van der Waals surface area contributed by atoms with Crippen LogP contribution >= 0.6 is 0 Å². The Hall–Kier alpha value is 0.137. The van der Waals surface area contributed by atoms with Crippen molar-refractivity contribution in [1.29, 1.82) is 0 Å². The molecule has 0 amide bonds. The van der Waals surface area contributed by atoms with Crippen molar-refractivity contribution in [3.8, 4) is 0 Å². The average Bonchev–Trinajstić information content (AvgIpc) is 2.51. The van der Waals surface area contributed by atoms with Gasteiger partial charge in [0, 0.05) is 13.2 Å². The maximum Gasteiger partial charge on any atom is 0.338 e. The summed E-state index contributed by atoms with van der Waals surface area (Å²) in [5.41, 5.74) is 0. The minimum absolute atomic E-state index is 0.816. The van der Waals surface area contributed by atoms with Crippen LogP contribution in [0.1, 0.15) is 98.3 Å². The fraction of sp³-hybridized carbons (Fsp3) is 1.00. The highest BCUT2D eigenvalue weighted by atomic mass is 28.4.